The van der Waals surface area contributed by atoms with Gasteiger partial charge in [-0.3, -0.25) is 4.79 Å². The SMILES string of the molecule is CCNc1cc(Nc2cc(F)c(C(O)(C(=O)NC3CCN(C)CC3)c3ccccc3)cc2OC)nc2[nH]cc(C(F)(F)F)c12. The van der Waals surface area contributed by atoms with Gasteiger partial charge in [0.15, 0.2) is 5.60 Å². The first-order valence-electron chi connectivity index (χ1n) is 14.2. The zero-order chi connectivity index (χ0) is 31.6. The fourth-order valence-electron chi connectivity index (χ4n) is 5.52. The number of aliphatic hydroxyl groups is 1. The molecule has 2 aromatic heterocycles. The number of ether oxygens (including phenoxy) is 1. The summed E-state index contributed by atoms with van der Waals surface area (Å²) in [4.78, 5) is 22.7. The lowest BCUT2D eigenvalue weighted by Crippen LogP contribution is -2.52. The van der Waals surface area contributed by atoms with Crippen LogP contribution in [-0.4, -0.2) is 65.7 Å². The molecule has 4 aromatic rings. The Labute approximate surface area is 251 Å². The van der Waals surface area contributed by atoms with Crippen LogP contribution in [0, 0.1) is 5.82 Å². The van der Waals surface area contributed by atoms with Gasteiger partial charge in [0.1, 0.15) is 23.0 Å². The number of halogens is 4. The molecule has 1 atom stereocenters. The molecule has 1 saturated heterocycles. The lowest BCUT2D eigenvalue weighted by Gasteiger charge is -2.34. The van der Waals surface area contributed by atoms with E-state index in [1.807, 2.05) is 7.05 Å². The van der Waals surface area contributed by atoms with Crippen molar-refractivity contribution in [1.29, 1.82) is 0 Å². The highest BCUT2D eigenvalue weighted by atomic mass is 19.4. The number of hydrogen-bond acceptors (Lipinski definition) is 7. The first-order valence-corrected chi connectivity index (χ1v) is 14.2. The number of piperidine rings is 1. The topological polar surface area (TPSA) is 115 Å². The maximum atomic E-state index is 16.0. The number of pyridine rings is 1. The molecule has 1 fully saturated rings. The summed E-state index contributed by atoms with van der Waals surface area (Å²) >= 11 is 0. The van der Waals surface area contributed by atoms with Gasteiger partial charge < -0.3 is 35.7 Å². The summed E-state index contributed by atoms with van der Waals surface area (Å²) in [7, 11) is 3.33. The highest BCUT2D eigenvalue weighted by Crippen LogP contribution is 2.41. The number of nitrogens with zero attached hydrogens (tertiary/aromatic N) is 2. The average Bonchev–Trinajstić information content (AvgIpc) is 3.44. The monoisotopic (exact) mass is 614 g/mol. The summed E-state index contributed by atoms with van der Waals surface area (Å²) in [6, 6.07) is 11.6. The molecule has 2 aromatic carbocycles. The van der Waals surface area contributed by atoms with Crippen molar-refractivity contribution < 1.29 is 32.2 Å². The molecule has 1 amide bonds. The zero-order valence-electron chi connectivity index (χ0n) is 24.5. The van der Waals surface area contributed by atoms with E-state index < -0.39 is 29.1 Å². The number of anilines is 3. The molecule has 0 spiro atoms. The van der Waals surface area contributed by atoms with E-state index in [4.69, 9.17) is 4.74 Å². The lowest BCUT2D eigenvalue weighted by molar-refractivity contribution is -0.138. The first-order chi connectivity index (χ1) is 20.9. The number of H-pyrrole nitrogens is 1. The Kier molecular flexibility index (Phi) is 8.71. The van der Waals surface area contributed by atoms with Crippen LogP contribution in [0.4, 0.5) is 34.8 Å². The molecular formula is C31H34F4N6O3. The van der Waals surface area contributed by atoms with Gasteiger partial charge in [0, 0.05) is 42.2 Å². The molecule has 0 saturated carbocycles. The number of nitrogens with one attached hydrogen (secondary N) is 4. The minimum Gasteiger partial charge on any atom is -0.495 e. The second kappa shape index (κ2) is 12.3. The molecular weight excluding hydrogens is 580 g/mol. The number of carbonyl (C=O) groups excluding carboxylic acids is 1. The standard InChI is InChI=1S/C31H34F4N6O3/c1-4-36-24-16-26(40-28-27(24)21(17-37-28)31(33,34)35)39-23-15-22(32)20(14-25(23)44-3)30(43,18-8-6-5-7-9-18)29(42)38-19-10-12-41(2)13-11-19/h5-9,14-17,19,43H,4,10-13H2,1-3H3,(H,38,42)(H3,36,37,39,40). The van der Waals surface area contributed by atoms with Crippen LogP contribution in [0.5, 0.6) is 5.75 Å². The number of rotatable bonds is 9. The number of aromatic nitrogens is 2. The fraction of sp³-hybridized carbons (Fsp3) is 0.355. The molecule has 0 aliphatic carbocycles. The van der Waals surface area contributed by atoms with Gasteiger partial charge >= 0.3 is 6.18 Å². The Balaban J connectivity index is 1.54. The van der Waals surface area contributed by atoms with Crippen LogP contribution in [0.1, 0.15) is 36.5 Å². The van der Waals surface area contributed by atoms with E-state index in [1.165, 1.54) is 19.2 Å². The summed E-state index contributed by atoms with van der Waals surface area (Å²) < 4.78 is 62.4. The molecule has 1 aliphatic heterocycles. The Morgan fingerprint density at radius 3 is 2.45 bits per heavy atom. The molecule has 9 nitrogen and oxygen atoms in total. The van der Waals surface area contributed by atoms with Gasteiger partial charge in [0.2, 0.25) is 0 Å². The fourth-order valence-corrected chi connectivity index (χ4v) is 5.52. The van der Waals surface area contributed by atoms with Crippen LogP contribution in [0.3, 0.4) is 0 Å². The molecule has 5 N–H and O–H groups in total. The summed E-state index contributed by atoms with van der Waals surface area (Å²) in [5.74, 6) is -1.51. The van der Waals surface area contributed by atoms with Crippen LogP contribution >= 0.6 is 0 Å². The van der Waals surface area contributed by atoms with Gasteiger partial charge in [-0.1, -0.05) is 30.3 Å². The molecule has 13 heteroatoms. The van der Waals surface area contributed by atoms with E-state index in [2.05, 4.69) is 30.8 Å². The molecule has 1 unspecified atom stereocenters. The molecule has 5 rings (SSSR count). The number of methoxy groups -OCH3 is 1. The van der Waals surface area contributed by atoms with Crippen molar-refractivity contribution >= 4 is 34.1 Å². The van der Waals surface area contributed by atoms with Gasteiger partial charge in [0.25, 0.3) is 5.91 Å². The number of benzene rings is 2. The molecule has 3 heterocycles. The van der Waals surface area contributed by atoms with Crippen molar-refractivity contribution in [1.82, 2.24) is 20.2 Å². The predicted molar refractivity (Wildman–Crippen MR) is 160 cm³/mol. The van der Waals surface area contributed by atoms with Crippen LogP contribution in [0.15, 0.2) is 54.7 Å². The molecule has 44 heavy (non-hydrogen) atoms. The molecule has 1 aliphatic rings. The van der Waals surface area contributed by atoms with Crippen molar-refractivity contribution in [3.05, 3.63) is 77.2 Å². The maximum absolute atomic E-state index is 16.0. The van der Waals surface area contributed by atoms with E-state index in [-0.39, 0.29) is 51.1 Å². The Bertz CT molecular complexity index is 1640. The third-order valence-electron chi connectivity index (χ3n) is 7.83. The number of alkyl halides is 3. The summed E-state index contributed by atoms with van der Waals surface area (Å²) in [6.45, 7) is 3.62. The predicted octanol–water partition coefficient (Wildman–Crippen LogP) is 5.35. The van der Waals surface area contributed by atoms with Crippen LogP contribution in [-0.2, 0) is 16.6 Å². The number of hydrogen-bond donors (Lipinski definition) is 5. The molecule has 234 valence electrons. The average molecular weight is 615 g/mol. The Hall–Kier alpha value is -4.36. The van der Waals surface area contributed by atoms with Crippen molar-refractivity contribution in [2.24, 2.45) is 0 Å². The van der Waals surface area contributed by atoms with Gasteiger partial charge in [-0.05, 0) is 51.5 Å². The maximum Gasteiger partial charge on any atom is 0.418 e. The van der Waals surface area contributed by atoms with Crippen molar-refractivity contribution in [2.75, 3.05) is 44.4 Å². The summed E-state index contributed by atoms with van der Waals surface area (Å²) in [6.07, 6.45) is -2.40. The number of carbonyl (C=O) groups is 1. The highest BCUT2D eigenvalue weighted by molar-refractivity contribution is 5.95. The zero-order valence-corrected chi connectivity index (χ0v) is 24.5. The van der Waals surface area contributed by atoms with Gasteiger partial charge in [-0.25, -0.2) is 9.37 Å². The lowest BCUT2D eigenvalue weighted by atomic mass is 9.84. The largest absolute Gasteiger partial charge is 0.495 e. The van der Waals surface area contributed by atoms with E-state index in [1.54, 1.807) is 37.3 Å². The van der Waals surface area contributed by atoms with Gasteiger partial charge in [-0.15, -0.1) is 0 Å². The van der Waals surface area contributed by atoms with E-state index in [0.29, 0.717) is 19.4 Å². The van der Waals surface area contributed by atoms with Gasteiger partial charge in [0.05, 0.1) is 23.7 Å². The Morgan fingerprint density at radius 1 is 1.11 bits per heavy atom. The second-order valence-corrected chi connectivity index (χ2v) is 10.8. The third-order valence-corrected chi connectivity index (χ3v) is 7.83. The van der Waals surface area contributed by atoms with E-state index in [9.17, 15) is 23.1 Å². The number of aromatic amines is 1. The normalized spacial score (nSPS) is 16.0. The van der Waals surface area contributed by atoms with Gasteiger partial charge in [-0.2, -0.15) is 13.2 Å². The number of fused-ring (bicyclic) bond motifs is 1. The van der Waals surface area contributed by atoms with Crippen molar-refractivity contribution in [2.45, 2.75) is 37.6 Å². The Morgan fingerprint density at radius 2 is 1.82 bits per heavy atom. The van der Waals surface area contributed by atoms with E-state index in [0.717, 1.165) is 25.4 Å². The smallest absolute Gasteiger partial charge is 0.418 e. The van der Waals surface area contributed by atoms with Crippen molar-refractivity contribution in [3.8, 4) is 5.75 Å². The van der Waals surface area contributed by atoms with E-state index >= 15 is 4.39 Å². The minimum absolute atomic E-state index is 0.0293. The first kappa shape index (κ1) is 31.1. The minimum atomic E-state index is -4.60. The number of likely N-dealkylation sites (tertiary alicyclic amines) is 1. The van der Waals surface area contributed by atoms with Crippen molar-refractivity contribution in [3.63, 3.8) is 0 Å². The van der Waals surface area contributed by atoms with Crippen LogP contribution in [0.2, 0.25) is 0 Å². The highest BCUT2D eigenvalue weighted by Gasteiger charge is 2.44. The summed E-state index contributed by atoms with van der Waals surface area (Å²) in [5.41, 5.74) is -3.19. The molecule has 0 radical (unpaired) electrons. The second-order valence-electron chi connectivity index (χ2n) is 10.8. The van der Waals surface area contributed by atoms with Crippen LogP contribution in [0.25, 0.3) is 11.0 Å². The molecule has 0 bridgehead atoms. The number of amides is 1. The third kappa shape index (κ3) is 6.02. The quantitative estimate of drug-likeness (QED) is 0.162. The van der Waals surface area contributed by atoms with Crippen LogP contribution < -0.4 is 20.7 Å². The summed E-state index contributed by atoms with van der Waals surface area (Å²) in [5, 5.41) is 20.6.